The van der Waals surface area contributed by atoms with Gasteiger partial charge in [-0.2, -0.15) is 0 Å². The zero-order valence-corrected chi connectivity index (χ0v) is 11.6. The fraction of sp³-hybridized carbons (Fsp3) is 0.750. The number of carbonyl (C=O) groups excluding carboxylic acids is 2. The first-order valence-corrected chi connectivity index (χ1v) is 6.15. The van der Waals surface area contributed by atoms with Crippen molar-refractivity contribution in [1.29, 1.82) is 0 Å². The topological polar surface area (TPSA) is 105 Å². The van der Waals surface area contributed by atoms with Crippen LogP contribution in [-0.4, -0.2) is 41.8 Å². The fourth-order valence-electron chi connectivity index (χ4n) is 1.34. The van der Waals surface area contributed by atoms with Gasteiger partial charge >= 0.3 is 12.1 Å². The third-order valence-corrected chi connectivity index (χ3v) is 2.16. The molecule has 19 heavy (non-hydrogen) atoms. The van der Waals surface area contributed by atoms with Gasteiger partial charge in [0.1, 0.15) is 11.6 Å². The Hall–Kier alpha value is -1.79. The maximum absolute atomic E-state index is 11.3. The van der Waals surface area contributed by atoms with E-state index in [0.717, 1.165) is 0 Å². The lowest BCUT2D eigenvalue weighted by atomic mass is 10.1. The lowest BCUT2D eigenvalue weighted by Gasteiger charge is -2.19. The van der Waals surface area contributed by atoms with Gasteiger partial charge in [-0.1, -0.05) is 0 Å². The van der Waals surface area contributed by atoms with E-state index in [2.05, 4.69) is 10.6 Å². The van der Waals surface area contributed by atoms with Crippen molar-refractivity contribution in [3.8, 4) is 0 Å². The van der Waals surface area contributed by atoms with Crippen LogP contribution in [0.3, 0.4) is 0 Å². The molecule has 2 amide bonds. The Bertz CT molecular complexity index is 312. The minimum atomic E-state index is -1.06. The van der Waals surface area contributed by atoms with Gasteiger partial charge in [0, 0.05) is 6.54 Å². The van der Waals surface area contributed by atoms with Crippen LogP contribution >= 0.6 is 0 Å². The highest BCUT2D eigenvalue weighted by Crippen LogP contribution is 2.06. The maximum atomic E-state index is 11.3. The summed E-state index contributed by atoms with van der Waals surface area (Å²) in [6.07, 6.45) is 1.40. The van der Waals surface area contributed by atoms with Crippen molar-refractivity contribution in [2.75, 3.05) is 6.54 Å². The Morgan fingerprint density at radius 1 is 1.32 bits per heavy atom. The van der Waals surface area contributed by atoms with Crippen molar-refractivity contribution in [1.82, 2.24) is 10.6 Å². The zero-order valence-electron chi connectivity index (χ0n) is 11.6. The summed E-state index contributed by atoms with van der Waals surface area (Å²) in [5.41, 5.74) is -0.535. The molecule has 0 rings (SSSR count). The molecule has 0 saturated carbocycles. The molecule has 110 valence electrons. The van der Waals surface area contributed by atoms with E-state index in [1.165, 1.54) is 0 Å². The highest BCUT2D eigenvalue weighted by atomic mass is 16.6. The van der Waals surface area contributed by atoms with E-state index in [1.54, 1.807) is 20.8 Å². The largest absolute Gasteiger partial charge is 0.480 e. The Morgan fingerprint density at radius 3 is 2.42 bits per heavy atom. The lowest BCUT2D eigenvalue weighted by Crippen LogP contribution is -2.36. The van der Waals surface area contributed by atoms with E-state index in [-0.39, 0.29) is 0 Å². The molecule has 7 nitrogen and oxygen atoms in total. The summed E-state index contributed by atoms with van der Waals surface area (Å²) < 4.78 is 5.04. The molecule has 0 aliphatic rings. The minimum absolute atomic E-state index is 0.323. The number of rotatable bonds is 8. The van der Waals surface area contributed by atoms with Crippen LogP contribution in [-0.2, 0) is 14.3 Å². The number of nitrogens with one attached hydrogen (secondary N) is 2. The molecule has 0 aliphatic carbocycles. The number of carboxylic acid groups (broad SMARTS) is 1. The number of aliphatic carboxylic acids is 1. The molecule has 0 fully saturated rings. The van der Waals surface area contributed by atoms with Crippen LogP contribution in [0.15, 0.2) is 0 Å². The predicted octanol–water partition coefficient (Wildman–Crippen LogP) is 0.881. The first kappa shape index (κ1) is 17.2. The standard InChI is InChI=1S/C12H22N2O5/c1-12(2,3)19-11(18)13-7-5-4-6-9(10(16)17)14-8-15/h8-9H,4-7H2,1-3H3,(H,13,18)(H,14,15)(H,16,17). The van der Waals surface area contributed by atoms with Gasteiger partial charge in [-0.05, 0) is 40.0 Å². The van der Waals surface area contributed by atoms with Crippen LogP contribution in [0.4, 0.5) is 4.79 Å². The van der Waals surface area contributed by atoms with Gasteiger partial charge in [-0.15, -0.1) is 0 Å². The Balaban J connectivity index is 3.72. The molecular formula is C12H22N2O5. The summed E-state index contributed by atoms with van der Waals surface area (Å²) in [6, 6.07) is -0.876. The number of ether oxygens (including phenoxy) is 1. The summed E-state index contributed by atoms with van der Waals surface area (Å²) in [6.45, 7) is 5.72. The second-order valence-corrected chi connectivity index (χ2v) is 5.10. The van der Waals surface area contributed by atoms with E-state index in [0.29, 0.717) is 32.2 Å². The van der Waals surface area contributed by atoms with Crippen LogP contribution in [0.25, 0.3) is 0 Å². The van der Waals surface area contributed by atoms with Gasteiger partial charge in [0.25, 0.3) is 0 Å². The van der Waals surface area contributed by atoms with Crippen molar-refractivity contribution in [2.45, 2.75) is 51.7 Å². The van der Waals surface area contributed by atoms with Crippen LogP contribution < -0.4 is 10.6 Å². The normalized spacial score (nSPS) is 12.4. The van der Waals surface area contributed by atoms with E-state index in [4.69, 9.17) is 9.84 Å². The van der Waals surface area contributed by atoms with Crippen molar-refractivity contribution >= 4 is 18.5 Å². The van der Waals surface area contributed by atoms with Gasteiger partial charge in [-0.25, -0.2) is 9.59 Å². The number of unbranched alkanes of at least 4 members (excludes halogenated alkanes) is 1. The molecular weight excluding hydrogens is 252 g/mol. The third-order valence-electron chi connectivity index (χ3n) is 2.16. The number of hydrogen-bond acceptors (Lipinski definition) is 4. The quantitative estimate of drug-likeness (QED) is 0.450. The smallest absolute Gasteiger partial charge is 0.407 e. The van der Waals surface area contributed by atoms with Gasteiger partial charge < -0.3 is 20.5 Å². The molecule has 1 unspecified atom stereocenters. The van der Waals surface area contributed by atoms with Crippen molar-refractivity contribution in [2.24, 2.45) is 0 Å². The summed E-state index contributed by atoms with van der Waals surface area (Å²) in [4.78, 5) is 32.2. The lowest BCUT2D eigenvalue weighted by molar-refractivity contribution is -0.140. The second kappa shape index (κ2) is 8.34. The average Bonchev–Trinajstić information content (AvgIpc) is 2.24. The van der Waals surface area contributed by atoms with E-state index < -0.39 is 23.7 Å². The predicted molar refractivity (Wildman–Crippen MR) is 68.7 cm³/mol. The molecule has 0 radical (unpaired) electrons. The van der Waals surface area contributed by atoms with Gasteiger partial charge in [0.05, 0.1) is 0 Å². The zero-order chi connectivity index (χ0) is 14.9. The van der Waals surface area contributed by atoms with Crippen molar-refractivity contribution in [3.63, 3.8) is 0 Å². The van der Waals surface area contributed by atoms with E-state index in [9.17, 15) is 14.4 Å². The molecule has 0 bridgehead atoms. The van der Waals surface area contributed by atoms with Gasteiger partial charge in [0.2, 0.25) is 6.41 Å². The number of hydrogen-bond donors (Lipinski definition) is 3. The van der Waals surface area contributed by atoms with Crippen LogP contribution in [0.2, 0.25) is 0 Å². The van der Waals surface area contributed by atoms with Crippen LogP contribution in [0, 0.1) is 0 Å². The van der Waals surface area contributed by atoms with Crippen molar-refractivity contribution < 1.29 is 24.2 Å². The number of carbonyl (C=O) groups is 3. The molecule has 3 N–H and O–H groups in total. The molecule has 0 spiro atoms. The summed E-state index contributed by atoms with van der Waals surface area (Å²) in [5.74, 6) is -1.06. The van der Waals surface area contributed by atoms with E-state index >= 15 is 0 Å². The molecule has 0 saturated heterocycles. The molecule has 0 aromatic carbocycles. The fourth-order valence-corrected chi connectivity index (χ4v) is 1.34. The molecule has 7 heteroatoms. The summed E-state index contributed by atoms with van der Waals surface area (Å²) in [7, 11) is 0. The van der Waals surface area contributed by atoms with Crippen LogP contribution in [0.1, 0.15) is 40.0 Å². The molecule has 1 atom stereocenters. The monoisotopic (exact) mass is 274 g/mol. The highest BCUT2D eigenvalue weighted by molar-refractivity contribution is 5.76. The second-order valence-electron chi connectivity index (χ2n) is 5.10. The van der Waals surface area contributed by atoms with Crippen molar-refractivity contribution in [3.05, 3.63) is 0 Å². The summed E-state index contributed by atoms with van der Waals surface area (Å²) >= 11 is 0. The highest BCUT2D eigenvalue weighted by Gasteiger charge is 2.16. The van der Waals surface area contributed by atoms with E-state index in [1.807, 2.05) is 0 Å². The number of alkyl carbamates (subject to hydrolysis) is 1. The Kier molecular flexibility index (Phi) is 7.55. The van der Waals surface area contributed by atoms with Gasteiger partial charge in [0.15, 0.2) is 0 Å². The third kappa shape index (κ3) is 9.87. The molecule has 0 aliphatic heterocycles. The average molecular weight is 274 g/mol. The number of amides is 2. The minimum Gasteiger partial charge on any atom is -0.480 e. The Morgan fingerprint density at radius 2 is 1.95 bits per heavy atom. The molecule has 0 aromatic rings. The first-order valence-electron chi connectivity index (χ1n) is 6.15. The number of carboxylic acids is 1. The SMILES string of the molecule is CC(C)(C)OC(=O)NCCCCC(NC=O)C(=O)O. The van der Waals surface area contributed by atoms with Crippen LogP contribution in [0.5, 0.6) is 0 Å². The molecule has 0 heterocycles. The summed E-state index contributed by atoms with van der Waals surface area (Å²) in [5, 5.41) is 13.6. The molecule has 0 aromatic heterocycles. The van der Waals surface area contributed by atoms with Gasteiger partial charge in [-0.3, -0.25) is 4.79 Å². The Labute approximate surface area is 112 Å². The maximum Gasteiger partial charge on any atom is 0.407 e. The first-order chi connectivity index (χ1) is 8.76.